The maximum atomic E-state index is 10.9. The summed E-state index contributed by atoms with van der Waals surface area (Å²) in [6.07, 6.45) is 0. The van der Waals surface area contributed by atoms with Crippen molar-refractivity contribution in [3.05, 3.63) is 39.3 Å². The van der Waals surface area contributed by atoms with Crippen molar-refractivity contribution in [3.63, 3.8) is 0 Å². The summed E-state index contributed by atoms with van der Waals surface area (Å²) in [6.45, 7) is 4.38. The van der Waals surface area contributed by atoms with Gasteiger partial charge in [-0.3, -0.25) is 0 Å². The Morgan fingerprint density at radius 1 is 1.39 bits per heavy atom. The van der Waals surface area contributed by atoms with Crippen molar-refractivity contribution in [1.29, 1.82) is 0 Å². The number of carboxylic acids is 1. The minimum absolute atomic E-state index is 0.00652. The normalized spacial score (nSPS) is 10.3. The van der Waals surface area contributed by atoms with Crippen LogP contribution in [-0.4, -0.2) is 21.0 Å². The Kier molecular flexibility index (Phi) is 3.57. The summed E-state index contributed by atoms with van der Waals surface area (Å²) in [7, 11) is 0. The lowest BCUT2D eigenvalue weighted by atomic mass is 10.2. The first-order valence-electron chi connectivity index (χ1n) is 5.41. The van der Waals surface area contributed by atoms with Crippen LogP contribution in [0.25, 0.3) is 0 Å². The fraction of sp³-hybridized carbons (Fsp3) is 0.250. The van der Waals surface area contributed by atoms with Crippen LogP contribution in [0.2, 0.25) is 0 Å². The van der Waals surface area contributed by atoms with Crippen molar-refractivity contribution < 1.29 is 9.90 Å². The third-order valence-corrected chi connectivity index (χ3v) is 3.38. The standard InChI is InChI=1S/C12H13N3O2S/c1-7-5-18-6-9(7)4-13-12-14-8(2)3-10(15-12)11(16)17/h3,5-6H,4H2,1-2H3,(H,16,17)(H,13,14,15). The van der Waals surface area contributed by atoms with E-state index in [0.29, 0.717) is 18.2 Å². The van der Waals surface area contributed by atoms with Crippen LogP contribution in [0.3, 0.4) is 0 Å². The third kappa shape index (κ3) is 2.84. The molecule has 0 atom stereocenters. The maximum absolute atomic E-state index is 10.9. The van der Waals surface area contributed by atoms with Crippen molar-refractivity contribution in [2.75, 3.05) is 5.32 Å². The molecule has 0 aliphatic heterocycles. The molecule has 0 fully saturated rings. The molecule has 0 amide bonds. The predicted molar refractivity (Wildman–Crippen MR) is 70.1 cm³/mol. The number of aromatic nitrogens is 2. The number of thiophene rings is 1. The van der Waals surface area contributed by atoms with Gasteiger partial charge in [-0.15, -0.1) is 0 Å². The first-order valence-corrected chi connectivity index (χ1v) is 6.35. The monoisotopic (exact) mass is 263 g/mol. The summed E-state index contributed by atoms with van der Waals surface area (Å²) in [5, 5.41) is 16.1. The molecule has 0 unspecified atom stereocenters. The maximum Gasteiger partial charge on any atom is 0.354 e. The number of hydrogen-bond acceptors (Lipinski definition) is 5. The Labute approximate surface area is 109 Å². The molecule has 2 aromatic heterocycles. The highest BCUT2D eigenvalue weighted by Crippen LogP contribution is 2.15. The van der Waals surface area contributed by atoms with Gasteiger partial charge in [0.2, 0.25) is 5.95 Å². The smallest absolute Gasteiger partial charge is 0.354 e. The van der Waals surface area contributed by atoms with Gasteiger partial charge < -0.3 is 10.4 Å². The number of anilines is 1. The summed E-state index contributed by atoms with van der Waals surface area (Å²) in [5.41, 5.74) is 3.01. The molecule has 0 saturated heterocycles. The first-order chi connectivity index (χ1) is 8.56. The summed E-state index contributed by atoms with van der Waals surface area (Å²) in [6, 6.07) is 1.45. The van der Waals surface area contributed by atoms with E-state index in [4.69, 9.17) is 5.11 Å². The second-order valence-electron chi connectivity index (χ2n) is 3.96. The largest absolute Gasteiger partial charge is 0.477 e. The van der Waals surface area contributed by atoms with Crippen LogP contribution in [0.4, 0.5) is 5.95 Å². The van der Waals surface area contributed by atoms with Gasteiger partial charge in [-0.1, -0.05) is 0 Å². The quantitative estimate of drug-likeness (QED) is 0.886. The summed E-state index contributed by atoms with van der Waals surface area (Å²) in [5.74, 6) is -0.701. The van der Waals surface area contributed by atoms with Gasteiger partial charge in [0, 0.05) is 12.2 Å². The fourth-order valence-electron chi connectivity index (χ4n) is 1.50. The van der Waals surface area contributed by atoms with Gasteiger partial charge in [-0.2, -0.15) is 11.3 Å². The molecule has 0 spiro atoms. The number of nitrogens with zero attached hydrogens (tertiary/aromatic N) is 2. The zero-order valence-corrected chi connectivity index (χ0v) is 10.9. The molecular weight excluding hydrogens is 250 g/mol. The first kappa shape index (κ1) is 12.5. The van der Waals surface area contributed by atoms with E-state index in [2.05, 4.69) is 26.0 Å². The van der Waals surface area contributed by atoms with E-state index in [1.54, 1.807) is 18.3 Å². The van der Waals surface area contributed by atoms with Crippen molar-refractivity contribution in [2.24, 2.45) is 0 Å². The molecule has 2 heterocycles. The van der Waals surface area contributed by atoms with Crippen LogP contribution in [-0.2, 0) is 6.54 Å². The van der Waals surface area contributed by atoms with Crippen LogP contribution in [0.15, 0.2) is 16.8 Å². The van der Waals surface area contributed by atoms with Crippen LogP contribution in [0.5, 0.6) is 0 Å². The molecule has 5 nitrogen and oxygen atoms in total. The van der Waals surface area contributed by atoms with E-state index in [-0.39, 0.29) is 5.69 Å². The summed E-state index contributed by atoms with van der Waals surface area (Å²) in [4.78, 5) is 19.0. The van der Waals surface area contributed by atoms with E-state index < -0.39 is 5.97 Å². The molecule has 0 bridgehead atoms. The highest BCUT2D eigenvalue weighted by atomic mass is 32.1. The highest BCUT2D eigenvalue weighted by molar-refractivity contribution is 7.08. The average molecular weight is 263 g/mol. The number of carbonyl (C=O) groups is 1. The lowest BCUT2D eigenvalue weighted by Crippen LogP contribution is -2.09. The topological polar surface area (TPSA) is 75.1 Å². The molecule has 0 saturated carbocycles. The van der Waals surface area contributed by atoms with Gasteiger partial charge in [-0.25, -0.2) is 14.8 Å². The van der Waals surface area contributed by atoms with Gasteiger partial charge in [0.15, 0.2) is 5.69 Å². The number of carboxylic acid groups (broad SMARTS) is 1. The molecule has 0 aliphatic carbocycles. The highest BCUT2D eigenvalue weighted by Gasteiger charge is 2.08. The van der Waals surface area contributed by atoms with E-state index in [9.17, 15) is 4.79 Å². The van der Waals surface area contributed by atoms with Crippen LogP contribution < -0.4 is 5.32 Å². The van der Waals surface area contributed by atoms with E-state index in [1.807, 2.05) is 6.92 Å². The number of hydrogen-bond donors (Lipinski definition) is 2. The van der Waals surface area contributed by atoms with Crippen LogP contribution >= 0.6 is 11.3 Å². The Morgan fingerprint density at radius 3 is 2.78 bits per heavy atom. The Hall–Kier alpha value is -1.95. The second kappa shape index (κ2) is 5.14. The molecule has 0 aliphatic rings. The zero-order valence-electron chi connectivity index (χ0n) is 10.1. The lowest BCUT2D eigenvalue weighted by Gasteiger charge is -2.06. The predicted octanol–water partition coefficient (Wildman–Crippen LogP) is 2.47. The van der Waals surface area contributed by atoms with Crippen molar-refractivity contribution >= 4 is 23.3 Å². The average Bonchev–Trinajstić information content (AvgIpc) is 2.71. The van der Waals surface area contributed by atoms with E-state index in [1.165, 1.54) is 17.2 Å². The number of nitrogens with one attached hydrogen (secondary N) is 1. The number of rotatable bonds is 4. The Morgan fingerprint density at radius 2 is 2.17 bits per heavy atom. The Balaban J connectivity index is 2.14. The van der Waals surface area contributed by atoms with Crippen LogP contribution in [0.1, 0.15) is 27.3 Å². The minimum atomic E-state index is -1.05. The van der Waals surface area contributed by atoms with Gasteiger partial charge in [0.05, 0.1) is 0 Å². The van der Waals surface area contributed by atoms with Gasteiger partial charge in [0.1, 0.15) is 0 Å². The Bertz CT molecular complexity index is 580. The molecular formula is C12H13N3O2S. The molecule has 2 N–H and O–H groups in total. The second-order valence-corrected chi connectivity index (χ2v) is 4.70. The van der Waals surface area contributed by atoms with Crippen molar-refractivity contribution in [2.45, 2.75) is 20.4 Å². The molecule has 0 aromatic carbocycles. The van der Waals surface area contributed by atoms with E-state index in [0.717, 1.165) is 0 Å². The molecule has 94 valence electrons. The number of aromatic carboxylic acids is 1. The van der Waals surface area contributed by atoms with Crippen molar-refractivity contribution in [3.8, 4) is 0 Å². The third-order valence-electron chi connectivity index (χ3n) is 2.47. The molecule has 2 aromatic rings. The van der Waals surface area contributed by atoms with Crippen molar-refractivity contribution in [1.82, 2.24) is 9.97 Å². The zero-order chi connectivity index (χ0) is 13.1. The van der Waals surface area contributed by atoms with Gasteiger partial charge in [0.25, 0.3) is 0 Å². The molecule has 18 heavy (non-hydrogen) atoms. The van der Waals surface area contributed by atoms with Gasteiger partial charge in [-0.05, 0) is 41.8 Å². The minimum Gasteiger partial charge on any atom is -0.477 e. The SMILES string of the molecule is Cc1cc(C(=O)O)nc(NCc2cscc2C)n1. The molecule has 0 radical (unpaired) electrons. The molecule has 2 rings (SSSR count). The van der Waals surface area contributed by atoms with Crippen LogP contribution in [0, 0.1) is 13.8 Å². The van der Waals surface area contributed by atoms with Gasteiger partial charge >= 0.3 is 5.97 Å². The van der Waals surface area contributed by atoms with E-state index >= 15 is 0 Å². The lowest BCUT2D eigenvalue weighted by molar-refractivity contribution is 0.0690. The fourth-order valence-corrected chi connectivity index (χ4v) is 2.36. The number of aryl methyl sites for hydroxylation is 2. The summed E-state index contributed by atoms with van der Waals surface area (Å²) < 4.78 is 0. The molecule has 6 heteroatoms. The summed E-state index contributed by atoms with van der Waals surface area (Å²) >= 11 is 1.64.